The first-order chi connectivity index (χ1) is 9.40. The van der Waals surface area contributed by atoms with Crippen molar-refractivity contribution in [2.45, 2.75) is 19.4 Å². The van der Waals surface area contributed by atoms with Gasteiger partial charge >= 0.3 is 11.9 Å². The molecule has 1 aromatic rings. The van der Waals surface area contributed by atoms with Gasteiger partial charge < -0.3 is 15.2 Å². The fraction of sp³-hybridized carbons (Fsp3) is 0.308. The van der Waals surface area contributed by atoms with Gasteiger partial charge in [0.25, 0.3) is 5.91 Å². The second-order valence-electron chi connectivity index (χ2n) is 4.03. The van der Waals surface area contributed by atoms with E-state index in [1.165, 1.54) is 0 Å². The molecule has 0 aliphatic heterocycles. The van der Waals surface area contributed by atoms with Crippen LogP contribution < -0.4 is 5.32 Å². The molecular formula is C13H14ClNO5. The molecule has 1 rings (SSSR count). The number of carboxylic acids is 1. The summed E-state index contributed by atoms with van der Waals surface area (Å²) in [5, 5.41) is 11.8. The maximum atomic E-state index is 11.5. The number of hydrogen-bond acceptors (Lipinski definition) is 4. The van der Waals surface area contributed by atoms with Crippen LogP contribution in [0.25, 0.3) is 0 Å². The molecule has 20 heavy (non-hydrogen) atoms. The van der Waals surface area contributed by atoms with E-state index in [-0.39, 0.29) is 6.42 Å². The topological polar surface area (TPSA) is 92.7 Å². The van der Waals surface area contributed by atoms with Crippen molar-refractivity contribution in [3.8, 4) is 0 Å². The monoisotopic (exact) mass is 299 g/mol. The third-order valence-corrected chi connectivity index (χ3v) is 2.79. The van der Waals surface area contributed by atoms with Crippen LogP contribution in [-0.4, -0.2) is 35.6 Å². The van der Waals surface area contributed by atoms with Crippen LogP contribution >= 0.6 is 11.6 Å². The minimum atomic E-state index is -1.19. The third kappa shape index (κ3) is 5.27. The van der Waals surface area contributed by atoms with E-state index in [2.05, 4.69) is 10.1 Å². The molecule has 108 valence electrons. The number of halogens is 1. The van der Waals surface area contributed by atoms with E-state index in [4.69, 9.17) is 16.7 Å². The van der Waals surface area contributed by atoms with E-state index in [0.29, 0.717) is 10.6 Å². The molecule has 0 unspecified atom stereocenters. The molecule has 0 fully saturated rings. The SMILES string of the molecule is CC(=O)OCC(=O)N[C@@H](Cc1ccccc1Cl)C(=O)O. The number of amides is 1. The van der Waals surface area contributed by atoms with Crippen molar-refractivity contribution in [2.75, 3.05) is 6.61 Å². The van der Waals surface area contributed by atoms with Crippen LogP contribution in [-0.2, 0) is 25.5 Å². The minimum Gasteiger partial charge on any atom is -0.480 e. The van der Waals surface area contributed by atoms with Crippen molar-refractivity contribution in [3.63, 3.8) is 0 Å². The molecule has 1 atom stereocenters. The number of benzene rings is 1. The summed E-state index contributed by atoms with van der Waals surface area (Å²) in [5.74, 6) is -2.49. The Kier molecular flexibility index (Phi) is 5.99. The van der Waals surface area contributed by atoms with Gasteiger partial charge in [-0.3, -0.25) is 9.59 Å². The average molecular weight is 300 g/mol. The molecule has 7 heteroatoms. The molecule has 0 spiro atoms. The molecule has 0 aliphatic carbocycles. The van der Waals surface area contributed by atoms with Crippen molar-refractivity contribution in [3.05, 3.63) is 34.9 Å². The van der Waals surface area contributed by atoms with Crippen molar-refractivity contribution < 1.29 is 24.2 Å². The molecule has 0 aromatic heterocycles. The number of hydrogen-bond donors (Lipinski definition) is 2. The van der Waals surface area contributed by atoms with Gasteiger partial charge in [-0.05, 0) is 11.6 Å². The number of carbonyl (C=O) groups is 3. The molecule has 0 radical (unpaired) electrons. The molecule has 2 N–H and O–H groups in total. The number of rotatable bonds is 6. The first kappa shape index (κ1) is 16.0. The lowest BCUT2D eigenvalue weighted by Crippen LogP contribution is -2.44. The van der Waals surface area contributed by atoms with Crippen molar-refractivity contribution in [2.24, 2.45) is 0 Å². The zero-order valence-electron chi connectivity index (χ0n) is 10.8. The first-order valence-electron chi connectivity index (χ1n) is 5.79. The Hall–Kier alpha value is -2.08. The van der Waals surface area contributed by atoms with E-state index in [9.17, 15) is 14.4 Å². The normalized spacial score (nSPS) is 11.5. The molecule has 0 heterocycles. The molecule has 0 saturated carbocycles. The summed E-state index contributed by atoms with van der Waals surface area (Å²) in [7, 11) is 0. The Morgan fingerprint density at radius 2 is 2.00 bits per heavy atom. The highest BCUT2D eigenvalue weighted by Gasteiger charge is 2.21. The Labute approximate surface area is 120 Å². The van der Waals surface area contributed by atoms with E-state index in [1.807, 2.05) is 0 Å². The van der Waals surface area contributed by atoms with E-state index in [1.54, 1.807) is 24.3 Å². The summed E-state index contributed by atoms with van der Waals surface area (Å²) in [4.78, 5) is 33.1. The van der Waals surface area contributed by atoms with Gasteiger partial charge in [0.05, 0.1) is 0 Å². The Morgan fingerprint density at radius 3 is 2.55 bits per heavy atom. The Morgan fingerprint density at radius 1 is 1.35 bits per heavy atom. The molecule has 1 amide bonds. The molecular weight excluding hydrogens is 286 g/mol. The fourth-order valence-corrected chi connectivity index (χ4v) is 1.70. The van der Waals surface area contributed by atoms with Crippen molar-refractivity contribution in [1.82, 2.24) is 5.32 Å². The minimum absolute atomic E-state index is 0.0425. The van der Waals surface area contributed by atoms with Crippen molar-refractivity contribution in [1.29, 1.82) is 0 Å². The summed E-state index contributed by atoms with van der Waals surface area (Å²) in [6.45, 7) is 0.646. The van der Waals surface area contributed by atoms with Gasteiger partial charge in [-0.15, -0.1) is 0 Å². The van der Waals surface area contributed by atoms with E-state index in [0.717, 1.165) is 6.92 Å². The molecule has 0 saturated heterocycles. The molecule has 1 aromatic carbocycles. The van der Waals surface area contributed by atoms with Crippen LogP contribution in [0.3, 0.4) is 0 Å². The van der Waals surface area contributed by atoms with Gasteiger partial charge in [-0.25, -0.2) is 4.79 Å². The van der Waals surface area contributed by atoms with Gasteiger partial charge in [-0.2, -0.15) is 0 Å². The van der Waals surface area contributed by atoms with Gasteiger partial charge in [0.1, 0.15) is 6.04 Å². The maximum absolute atomic E-state index is 11.5. The number of nitrogens with one attached hydrogen (secondary N) is 1. The highest BCUT2D eigenvalue weighted by Crippen LogP contribution is 2.16. The number of carboxylic acid groups (broad SMARTS) is 1. The van der Waals surface area contributed by atoms with Gasteiger partial charge in [0, 0.05) is 18.4 Å². The molecule has 6 nitrogen and oxygen atoms in total. The van der Waals surface area contributed by atoms with Crippen LogP contribution in [0.15, 0.2) is 24.3 Å². The highest BCUT2D eigenvalue weighted by atomic mass is 35.5. The average Bonchev–Trinajstić information content (AvgIpc) is 2.38. The summed E-state index contributed by atoms with van der Waals surface area (Å²) in [6.07, 6.45) is 0.0425. The largest absolute Gasteiger partial charge is 0.480 e. The third-order valence-electron chi connectivity index (χ3n) is 2.42. The first-order valence-corrected chi connectivity index (χ1v) is 6.17. The van der Waals surface area contributed by atoms with Gasteiger partial charge in [0.15, 0.2) is 6.61 Å². The number of esters is 1. The maximum Gasteiger partial charge on any atom is 0.326 e. The predicted molar refractivity (Wildman–Crippen MR) is 71.4 cm³/mol. The van der Waals surface area contributed by atoms with Gasteiger partial charge in [0.2, 0.25) is 0 Å². The van der Waals surface area contributed by atoms with Gasteiger partial charge in [-0.1, -0.05) is 29.8 Å². The summed E-state index contributed by atoms with van der Waals surface area (Å²) in [5.41, 5.74) is 0.606. The van der Waals surface area contributed by atoms with Crippen LogP contribution in [0.5, 0.6) is 0 Å². The molecule has 0 aliphatic rings. The lowest BCUT2D eigenvalue weighted by atomic mass is 10.1. The fourth-order valence-electron chi connectivity index (χ4n) is 1.49. The predicted octanol–water partition coefficient (Wildman–Crippen LogP) is 1.01. The smallest absolute Gasteiger partial charge is 0.326 e. The second-order valence-corrected chi connectivity index (χ2v) is 4.44. The zero-order valence-corrected chi connectivity index (χ0v) is 11.5. The summed E-state index contributed by atoms with van der Waals surface area (Å²) >= 11 is 5.94. The van der Waals surface area contributed by atoms with Crippen LogP contribution in [0, 0.1) is 0 Å². The number of aliphatic carboxylic acids is 1. The highest BCUT2D eigenvalue weighted by molar-refractivity contribution is 6.31. The molecule has 0 bridgehead atoms. The van der Waals surface area contributed by atoms with E-state index >= 15 is 0 Å². The second kappa shape index (κ2) is 7.49. The van der Waals surface area contributed by atoms with Crippen molar-refractivity contribution >= 4 is 29.4 Å². The number of ether oxygens (including phenoxy) is 1. The Bertz CT molecular complexity index is 517. The quantitative estimate of drug-likeness (QED) is 0.765. The lowest BCUT2D eigenvalue weighted by molar-refractivity contribution is -0.148. The van der Waals surface area contributed by atoms with E-state index < -0.39 is 30.5 Å². The number of carbonyl (C=O) groups excluding carboxylic acids is 2. The van der Waals surface area contributed by atoms with Crippen LogP contribution in [0.4, 0.5) is 0 Å². The lowest BCUT2D eigenvalue weighted by Gasteiger charge is -2.15. The Balaban J connectivity index is 2.66. The standard InChI is InChI=1S/C13H14ClNO5/c1-8(16)20-7-12(17)15-11(13(18)19)6-9-4-2-3-5-10(9)14/h2-5,11H,6-7H2,1H3,(H,15,17)(H,18,19)/t11-/m0/s1. The zero-order chi connectivity index (χ0) is 15.1. The summed E-state index contributed by atoms with van der Waals surface area (Å²) in [6, 6.07) is 5.62. The summed E-state index contributed by atoms with van der Waals surface area (Å²) < 4.78 is 4.49. The van der Waals surface area contributed by atoms with Crippen LogP contribution in [0.1, 0.15) is 12.5 Å². The van der Waals surface area contributed by atoms with Crippen LogP contribution in [0.2, 0.25) is 5.02 Å².